The van der Waals surface area contributed by atoms with Crippen molar-refractivity contribution in [3.63, 3.8) is 0 Å². The largest absolute Gasteiger partial charge is 0.419 e. The van der Waals surface area contributed by atoms with E-state index in [-0.39, 0.29) is 41.8 Å². The van der Waals surface area contributed by atoms with Gasteiger partial charge in [-0.3, -0.25) is 4.79 Å². The summed E-state index contributed by atoms with van der Waals surface area (Å²) >= 11 is 0.835. The lowest BCUT2D eigenvalue weighted by Gasteiger charge is -2.26. The summed E-state index contributed by atoms with van der Waals surface area (Å²) in [5.41, 5.74) is -1.83. The molecule has 1 saturated heterocycles. The third-order valence-electron chi connectivity index (χ3n) is 3.95. The van der Waals surface area contributed by atoms with Crippen LogP contribution >= 0.6 is 11.3 Å². The van der Waals surface area contributed by atoms with Gasteiger partial charge in [-0.2, -0.15) is 17.5 Å². The Kier molecular flexibility index (Phi) is 5.75. The normalized spacial score (nSPS) is 16.1. The van der Waals surface area contributed by atoms with E-state index < -0.39 is 33.5 Å². The van der Waals surface area contributed by atoms with E-state index >= 15 is 0 Å². The number of amides is 1. The van der Waals surface area contributed by atoms with Crippen LogP contribution in [0.15, 0.2) is 34.5 Å². The van der Waals surface area contributed by atoms with E-state index in [4.69, 9.17) is 4.74 Å². The molecule has 0 unspecified atom stereocenters. The first-order valence-electron chi connectivity index (χ1n) is 7.94. The van der Waals surface area contributed by atoms with E-state index in [1.54, 1.807) is 0 Å². The first-order chi connectivity index (χ1) is 13.1. The van der Waals surface area contributed by atoms with Crippen LogP contribution in [0.25, 0.3) is 0 Å². The summed E-state index contributed by atoms with van der Waals surface area (Å²) in [6, 6.07) is 3.26. The first-order valence-corrected chi connectivity index (χ1v) is 10.3. The molecule has 0 saturated carbocycles. The van der Waals surface area contributed by atoms with Crippen molar-refractivity contribution in [1.82, 2.24) is 4.31 Å². The molecule has 2 heterocycles. The van der Waals surface area contributed by atoms with Crippen molar-refractivity contribution < 1.29 is 35.5 Å². The second-order valence-electron chi connectivity index (χ2n) is 5.78. The fourth-order valence-corrected chi connectivity index (χ4v) is 5.30. The van der Waals surface area contributed by atoms with Gasteiger partial charge in [-0.25, -0.2) is 12.8 Å². The second kappa shape index (κ2) is 7.78. The summed E-state index contributed by atoms with van der Waals surface area (Å²) in [4.78, 5) is 12.1. The number of nitrogens with zero attached hydrogens (tertiary/aromatic N) is 1. The summed E-state index contributed by atoms with van der Waals surface area (Å²) in [7, 11) is -3.96. The minimum atomic E-state index is -4.93. The lowest BCUT2D eigenvalue weighted by atomic mass is 10.2. The predicted octanol–water partition coefficient (Wildman–Crippen LogP) is 3.18. The number of rotatable bonds is 4. The minimum Gasteiger partial charge on any atom is -0.379 e. The first kappa shape index (κ1) is 20.7. The Morgan fingerprint density at radius 1 is 1.18 bits per heavy atom. The van der Waals surface area contributed by atoms with E-state index in [1.807, 2.05) is 0 Å². The van der Waals surface area contributed by atoms with E-state index in [0.717, 1.165) is 17.4 Å². The highest BCUT2D eigenvalue weighted by molar-refractivity contribution is 7.89. The van der Waals surface area contributed by atoms with Crippen LogP contribution in [0, 0.1) is 5.82 Å². The molecular weight excluding hydrogens is 424 g/mol. The Bertz CT molecular complexity index is 983. The number of carbonyl (C=O) groups is 1. The van der Waals surface area contributed by atoms with Crippen molar-refractivity contribution >= 4 is 33.0 Å². The van der Waals surface area contributed by atoms with Crippen LogP contribution < -0.4 is 5.32 Å². The van der Waals surface area contributed by atoms with Crippen LogP contribution in [0.5, 0.6) is 0 Å². The zero-order valence-electron chi connectivity index (χ0n) is 14.1. The molecule has 2 aromatic rings. The van der Waals surface area contributed by atoms with Crippen molar-refractivity contribution in [2.75, 3.05) is 31.6 Å². The molecule has 0 spiro atoms. The number of halogens is 4. The van der Waals surface area contributed by atoms with E-state index in [0.29, 0.717) is 12.1 Å². The standard InChI is InChI=1S/C16H14F4N2O4S2/c17-12-2-1-10(9-11(12)16(18,19)20)21-15(23)14-13(3-8-27-14)28(24,25)22-4-6-26-7-5-22/h1-3,8-9H,4-7H2,(H,21,23). The molecule has 0 aliphatic carbocycles. The van der Waals surface area contributed by atoms with Gasteiger partial charge in [-0.15, -0.1) is 11.3 Å². The number of thiophene rings is 1. The van der Waals surface area contributed by atoms with Gasteiger partial charge in [0.25, 0.3) is 5.91 Å². The number of sulfonamides is 1. The van der Waals surface area contributed by atoms with Crippen molar-refractivity contribution in [3.8, 4) is 0 Å². The van der Waals surface area contributed by atoms with Crippen LogP contribution in [0.3, 0.4) is 0 Å². The lowest BCUT2D eigenvalue weighted by molar-refractivity contribution is -0.139. The molecule has 1 aliphatic rings. The van der Waals surface area contributed by atoms with Crippen molar-refractivity contribution in [1.29, 1.82) is 0 Å². The quantitative estimate of drug-likeness (QED) is 0.744. The Balaban J connectivity index is 1.87. The van der Waals surface area contributed by atoms with E-state index in [2.05, 4.69) is 5.32 Å². The third-order valence-corrected chi connectivity index (χ3v) is 6.94. The average molecular weight is 438 g/mol. The van der Waals surface area contributed by atoms with Gasteiger partial charge in [-0.1, -0.05) is 0 Å². The molecule has 12 heteroatoms. The summed E-state index contributed by atoms with van der Waals surface area (Å²) in [5.74, 6) is -2.38. The smallest absolute Gasteiger partial charge is 0.379 e. The highest BCUT2D eigenvalue weighted by atomic mass is 32.2. The number of alkyl halides is 3. The van der Waals surface area contributed by atoms with Gasteiger partial charge in [-0.05, 0) is 29.6 Å². The summed E-state index contributed by atoms with van der Waals surface area (Å²) < 4.78 is 83.6. The van der Waals surface area contributed by atoms with Gasteiger partial charge >= 0.3 is 6.18 Å². The molecule has 6 nitrogen and oxygen atoms in total. The number of benzene rings is 1. The second-order valence-corrected chi connectivity index (χ2v) is 8.60. The van der Waals surface area contributed by atoms with E-state index in [9.17, 15) is 30.8 Å². The van der Waals surface area contributed by atoms with Gasteiger partial charge in [0.05, 0.1) is 18.8 Å². The number of anilines is 1. The lowest BCUT2D eigenvalue weighted by Crippen LogP contribution is -2.41. The van der Waals surface area contributed by atoms with Crippen LogP contribution in [0.1, 0.15) is 15.2 Å². The maximum absolute atomic E-state index is 13.4. The van der Waals surface area contributed by atoms with Crippen molar-refractivity contribution in [2.24, 2.45) is 0 Å². The summed E-state index contributed by atoms with van der Waals surface area (Å²) in [5, 5.41) is 3.59. The Morgan fingerprint density at radius 3 is 2.50 bits per heavy atom. The Labute approximate surface area is 161 Å². The molecule has 1 aliphatic heterocycles. The molecule has 3 rings (SSSR count). The monoisotopic (exact) mass is 438 g/mol. The number of nitrogens with one attached hydrogen (secondary N) is 1. The fraction of sp³-hybridized carbons (Fsp3) is 0.312. The molecule has 28 heavy (non-hydrogen) atoms. The zero-order chi connectivity index (χ0) is 20.5. The molecule has 1 fully saturated rings. The Morgan fingerprint density at radius 2 is 1.86 bits per heavy atom. The van der Waals surface area contributed by atoms with Crippen LogP contribution in [0.2, 0.25) is 0 Å². The predicted molar refractivity (Wildman–Crippen MR) is 93.3 cm³/mol. The minimum absolute atomic E-state index is 0.131. The van der Waals surface area contributed by atoms with Crippen LogP contribution in [0.4, 0.5) is 23.2 Å². The number of carbonyl (C=O) groups excluding carboxylic acids is 1. The highest BCUT2D eigenvalue weighted by Gasteiger charge is 2.35. The molecule has 1 aromatic carbocycles. The maximum atomic E-state index is 13.4. The van der Waals surface area contributed by atoms with Crippen LogP contribution in [-0.4, -0.2) is 44.9 Å². The van der Waals surface area contributed by atoms with Gasteiger partial charge in [0.15, 0.2) is 0 Å². The van der Waals surface area contributed by atoms with Gasteiger partial charge in [0.1, 0.15) is 15.6 Å². The average Bonchev–Trinajstić information content (AvgIpc) is 3.14. The SMILES string of the molecule is O=C(Nc1ccc(F)c(C(F)(F)F)c1)c1sccc1S(=O)(=O)N1CCOCC1. The number of hydrogen-bond acceptors (Lipinski definition) is 5. The number of hydrogen-bond donors (Lipinski definition) is 1. The van der Waals surface area contributed by atoms with Crippen molar-refractivity contribution in [2.45, 2.75) is 11.1 Å². The van der Waals surface area contributed by atoms with Gasteiger partial charge in [0.2, 0.25) is 10.0 Å². The summed E-state index contributed by atoms with van der Waals surface area (Å²) in [6.07, 6.45) is -4.93. The molecule has 0 bridgehead atoms. The third kappa shape index (κ3) is 4.19. The topological polar surface area (TPSA) is 75.7 Å². The maximum Gasteiger partial charge on any atom is 0.419 e. The zero-order valence-corrected chi connectivity index (χ0v) is 15.8. The number of ether oxygens (including phenoxy) is 1. The van der Waals surface area contributed by atoms with Gasteiger partial charge in [0, 0.05) is 18.8 Å². The molecule has 1 N–H and O–H groups in total. The molecule has 1 aromatic heterocycles. The Hall–Kier alpha value is -2.02. The molecule has 0 radical (unpaired) electrons. The number of morpholine rings is 1. The van der Waals surface area contributed by atoms with Crippen LogP contribution in [-0.2, 0) is 20.9 Å². The summed E-state index contributed by atoms with van der Waals surface area (Å²) in [6.45, 7) is 0.708. The molecule has 152 valence electrons. The highest BCUT2D eigenvalue weighted by Crippen LogP contribution is 2.33. The molecule has 1 amide bonds. The molecular formula is C16H14F4N2O4S2. The molecule has 0 atom stereocenters. The van der Waals surface area contributed by atoms with Crippen molar-refractivity contribution in [3.05, 3.63) is 45.9 Å². The fourth-order valence-electron chi connectivity index (χ4n) is 2.60. The van der Waals surface area contributed by atoms with Gasteiger partial charge < -0.3 is 10.1 Å². The van der Waals surface area contributed by atoms with E-state index in [1.165, 1.54) is 15.8 Å².